The van der Waals surface area contributed by atoms with Crippen molar-refractivity contribution in [1.82, 2.24) is 0 Å². The average Bonchev–Trinajstić information content (AvgIpc) is 2.64. The summed E-state index contributed by atoms with van der Waals surface area (Å²) in [4.78, 5) is 2.53. The number of hydrogen-bond donors (Lipinski definition) is 2. The van der Waals surface area contributed by atoms with Crippen LogP contribution in [0.2, 0.25) is 12.1 Å². The van der Waals surface area contributed by atoms with Crippen molar-refractivity contribution < 1.29 is 10.2 Å². The van der Waals surface area contributed by atoms with Gasteiger partial charge in [-0.2, -0.15) is 0 Å². The Hall–Kier alpha value is -1.04. The fraction of sp³-hybridized carbons (Fsp3) is 0.455. The molecule has 2 aromatic carbocycles. The van der Waals surface area contributed by atoms with Crippen molar-refractivity contribution in [2.24, 2.45) is 0 Å². The van der Waals surface area contributed by atoms with E-state index in [2.05, 4.69) is 38.1 Å². The summed E-state index contributed by atoms with van der Waals surface area (Å²) in [6.07, 6.45) is 0. The normalized spacial score (nSPS) is 11.8. The summed E-state index contributed by atoms with van der Waals surface area (Å²) in [5.41, 5.74) is 3.84. The Morgan fingerprint density at radius 2 is 0.963 bits per heavy atom. The van der Waals surface area contributed by atoms with E-state index in [-0.39, 0.29) is 0 Å². The Labute approximate surface area is 173 Å². The second-order valence-electron chi connectivity index (χ2n) is 7.60. The van der Waals surface area contributed by atoms with Crippen LogP contribution >= 0.6 is 23.5 Å². The number of phenolic OH excluding ortho intramolecular Hbond substituents is 2. The second-order valence-corrected chi connectivity index (χ2v) is 15.8. The molecule has 0 bridgehead atoms. The number of phenols is 2. The van der Waals surface area contributed by atoms with Crippen LogP contribution in [-0.2, 0) is 0 Å². The van der Waals surface area contributed by atoms with Crippen molar-refractivity contribution in [1.29, 1.82) is 0 Å². The topological polar surface area (TPSA) is 40.5 Å². The molecule has 0 aromatic heterocycles. The number of aromatic hydroxyl groups is 2. The fourth-order valence-corrected chi connectivity index (χ4v) is 12.8. The van der Waals surface area contributed by atoms with E-state index in [1.165, 1.54) is 32.6 Å². The number of benzene rings is 2. The number of rotatable bonds is 8. The van der Waals surface area contributed by atoms with E-state index in [1.54, 1.807) is 0 Å². The minimum Gasteiger partial charge on any atom is -0.507 e. The highest BCUT2D eigenvalue weighted by molar-refractivity contribution is 8.03. The molecule has 5 heteroatoms. The lowest BCUT2D eigenvalue weighted by Gasteiger charge is -2.29. The zero-order chi connectivity index (χ0) is 20.2. The van der Waals surface area contributed by atoms with Gasteiger partial charge in [-0.15, -0.1) is 23.5 Å². The Balaban J connectivity index is 2.11. The highest BCUT2D eigenvalue weighted by Gasteiger charge is 2.29. The molecule has 0 spiro atoms. The van der Waals surface area contributed by atoms with Crippen LogP contribution in [0.1, 0.15) is 36.1 Å². The number of hydrogen-bond acceptors (Lipinski definition) is 4. The van der Waals surface area contributed by atoms with E-state index < -0.39 is 8.07 Å². The van der Waals surface area contributed by atoms with Crippen LogP contribution in [0.3, 0.4) is 0 Å². The van der Waals surface area contributed by atoms with Gasteiger partial charge in [0, 0.05) is 9.79 Å². The minimum atomic E-state index is -1.40. The van der Waals surface area contributed by atoms with Crippen LogP contribution in [0, 0.1) is 27.7 Å². The van der Waals surface area contributed by atoms with Crippen LogP contribution in [0.25, 0.3) is 0 Å². The number of aryl methyl sites for hydroxylation is 4. The smallest absolute Gasteiger partial charge is 0.121 e. The summed E-state index contributed by atoms with van der Waals surface area (Å²) in [7, 11) is -1.40. The summed E-state index contributed by atoms with van der Waals surface area (Å²) in [6, 6.07) is 11.0. The third-order valence-electron chi connectivity index (χ3n) is 5.52. The molecule has 0 fully saturated rings. The molecule has 0 saturated heterocycles. The monoisotopic (exact) mass is 420 g/mol. The molecular weight excluding hydrogens is 388 g/mol. The second kappa shape index (κ2) is 9.44. The lowest BCUT2D eigenvalue weighted by Crippen LogP contribution is -2.39. The SMILES string of the molecule is CC[Si](CC)(CSc1cc(C)c(O)c(C)c1)CSc1cc(C)c(O)c(C)c1. The van der Waals surface area contributed by atoms with E-state index in [1.807, 2.05) is 51.2 Å². The molecule has 0 heterocycles. The van der Waals surface area contributed by atoms with Crippen LogP contribution in [0.5, 0.6) is 11.5 Å². The summed E-state index contributed by atoms with van der Waals surface area (Å²) in [5, 5.41) is 22.4. The van der Waals surface area contributed by atoms with Gasteiger partial charge in [0.05, 0.1) is 8.07 Å². The standard InChI is InChI=1S/C22H32O2S2Si/c1-7-27(8-2,13-25-19-9-15(3)21(23)16(4)10-19)14-26-20-11-17(5)22(24)18(6)12-20/h9-12,23-24H,7-8,13-14H2,1-6H3. The molecular formula is C22H32O2S2Si. The maximum atomic E-state index is 10.0. The highest BCUT2D eigenvalue weighted by atomic mass is 32.2. The first kappa shape index (κ1) is 22.2. The summed E-state index contributed by atoms with van der Waals surface area (Å²) >= 11 is 3.91. The zero-order valence-electron chi connectivity index (χ0n) is 17.3. The molecule has 2 N–H and O–H groups in total. The van der Waals surface area contributed by atoms with E-state index in [0.29, 0.717) is 11.5 Å². The molecule has 0 atom stereocenters. The molecule has 148 valence electrons. The lowest BCUT2D eigenvalue weighted by molar-refractivity contribution is 0.466. The summed E-state index contributed by atoms with van der Waals surface area (Å²) in [6.45, 7) is 12.6. The third kappa shape index (κ3) is 5.49. The van der Waals surface area contributed by atoms with Gasteiger partial charge < -0.3 is 10.2 Å². The first-order valence-electron chi connectivity index (χ1n) is 9.57. The van der Waals surface area contributed by atoms with Gasteiger partial charge in [-0.1, -0.05) is 25.9 Å². The zero-order valence-corrected chi connectivity index (χ0v) is 20.0. The molecule has 2 aromatic rings. The van der Waals surface area contributed by atoms with E-state index >= 15 is 0 Å². The Kier molecular flexibility index (Phi) is 7.78. The fourth-order valence-electron chi connectivity index (χ4n) is 3.17. The molecule has 0 aliphatic carbocycles. The van der Waals surface area contributed by atoms with Crippen molar-refractivity contribution in [3.05, 3.63) is 46.5 Å². The van der Waals surface area contributed by atoms with Crippen LogP contribution < -0.4 is 0 Å². The van der Waals surface area contributed by atoms with E-state index in [0.717, 1.165) is 22.3 Å². The van der Waals surface area contributed by atoms with Gasteiger partial charge in [0.2, 0.25) is 0 Å². The van der Waals surface area contributed by atoms with E-state index in [9.17, 15) is 10.2 Å². The largest absolute Gasteiger partial charge is 0.507 e. The summed E-state index contributed by atoms with van der Waals surface area (Å²) < 4.78 is 0. The van der Waals surface area contributed by atoms with Gasteiger partial charge in [-0.25, -0.2) is 0 Å². The Morgan fingerprint density at radius 1 is 0.667 bits per heavy atom. The van der Waals surface area contributed by atoms with Crippen LogP contribution in [0.4, 0.5) is 0 Å². The van der Waals surface area contributed by atoms with Crippen molar-refractivity contribution in [3.63, 3.8) is 0 Å². The molecule has 0 unspecified atom stereocenters. The quantitative estimate of drug-likeness (QED) is 0.364. The predicted octanol–water partition coefficient (Wildman–Crippen LogP) is 6.78. The highest BCUT2D eigenvalue weighted by Crippen LogP contribution is 2.35. The van der Waals surface area contributed by atoms with Gasteiger partial charge >= 0.3 is 0 Å². The van der Waals surface area contributed by atoms with Gasteiger partial charge in [-0.3, -0.25) is 0 Å². The van der Waals surface area contributed by atoms with Gasteiger partial charge in [0.1, 0.15) is 11.5 Å². The first-order chi connectivity index (χ1) is 12.7. The van der Waals surface area contributed by atoms with Gasteiger partial charge in [0.25, 0.3) is 0 Å². The molecule has 0 saturated carbocycles. The maximum Gasteiger partial charge on any atom is 0.121 e. The molecule has 0 radical (unpaired) electrons. The molecule has 2 nitrogen and oxygen atoms in total. The number of thioether (sulfide) groups is 2. The van der Waals surface area contributed by atoms with Gasteiger partial charge in [-0.05, 0) is 85.0 Å². The molecule has 0 aliphatic heterocycles. The van der Waals surface area contributed by atoms with Crippen molar-refractivity contribution >= 4 is 31.6 Å². The Morgan fingerprint density at radius 3 is 1.22 bits per heavy atom. The Bertz CT molecular complexity index is 691. The van der Waals surface area contributed by atoms with Crippen molar-refractivity contribution in [3.8, 4) is 11.5 Å². The first-order valence-corrected chi connectivity index (χ1v) is 14.4. The van der Waals surface area contributed by atoms with Crippen LogP contribution in [-0.4, -0.2) is 29.0 Å². The molecule has 0 aliphatic rings. The minimum absolute atomic E-state index is 0.419. The molecule has 2 rings (SSSR count). The van der Waals surface area contributed by atoms with Crippen molar-refractivity contribution in [2.75, 3.05) is 10.8 Å². The maximum absolute atomic E-state index is 10.0. The van der Waals surface area contributed by atoms with Crippen LogP contribution in [0.15, 0.2) is 34.1 Å². The lowest BCUT2D eigenvalue weighted by atomic mass is 10.1. The third-order valence-corrected chi connectivity index (χ3v) is 15.7. The van der Waals surface area contributed by atoms with Gasteiger partial charge in [0.15, 0.2) is 0 Å². The molecule has 27 heavy (non-hydrogen) atoms. The predicted molar refractivity (Wildman–Crippen MR) is 123 cm³/mol. The van der Waals surface area contributed by atoms with E-state index in [4.69, 9.17) is 0 Å². The average molecular weight is 421 g/mol. The van der Waals surface area contributed by atoms with Crippen molar-refractivity contribution in [2.45, 2.75) is 63.4 Å². The summed E-state index contributed by atoms with van der Waals surface area (Å²) in [5.74, 6) is 0.838. The molecule has 0 amide bonds.